The van der Waals surface area contributed by atoms with Crippen LogP contribution < -0.4 is 12.3 Å². The van der Waals surface area contributed by atoms with Gasteiger partial charge in [-0.2, -0.15) is 0 Å². The molecule has 7 heavy (non-hydrogen) atoms. The molecule has 0 aromatic heterocycles. The van der Waals surface area contributed by atoms with Gasteiger partial charge in [0.25, 0.3) is 0 Å². The molecule has 0 unspecified atom stereocenters. The monoisotopic (exact) mass is 108 g/mol. The molecular formula is C4H16N2O. The number of hydrogen-bond acceptors (Lipinski definition) is 3. The number of aliphatic hydroxyl groups is 1. The van der Waals surface area contributed by atoms with E-state index >= 15 is 0 Å². The lowest BCUT2D eigenvalue weighted by atomic mass is 10.2. The minimum absolute atomic E-state index is 0. The van der Waals surface area contributed by atoms with E-state index in [-0.39, 0.29) is 12.3 Å². The van der Waals surface area contributed by atoms with Gasteiger partial charge in [-0.25, -0.2) is 0 Å². The van der Waals surface area contributed by atoms with Gasteiger partial charge in [-0.05, 0) is 5.92 Å². The van der Waals surface area contributed by atoms with Gasteiger partial charge in [-0.15, -0.1) is 0 Å². The van der Waals surface area contributed by atoms with Crippen LogP contribution in [-0.4, -0.2) is 11.7 Å². The fourth-order valence-corrected chi connectivity index (χ4v) is 0. The Bertz CT molecular complexity index is 23.7. The van der Waals surface area contributed by atoms with Crippen LogP contribution in [-0.2, 0) is 0 Å². The minimum Gasteiger partial charge on any atom is -0.396 e. The Kier molecular flexibility index (Phi) is 21.0. The van der Waals surface area contributed by atoms with Gasteiger partial charge in [0.15, 0.2) is 0 Å². The van der Waals surface area contributed by atoms with Crippen molar-refractivity contribution in [3.8, 4) is 0 Å². The molecule has 0 bridgehead atoms. The first kappa shape index (κ1) is 15.8. The van der Waals surface area contributed by atoms with Crippen LogP contribution in [0.4, 0.5) is 0 Å². The topological polar surface area (TPSA) is 90.2 Å². The summed E-state index contributed by atoms with van der Waals surface area (Å²) in [6.45, 7) is 4.25. The first-order valence-corrected chi connectivity index (χ1v) is 1.88. The SMILES string of the molecule is CC(C)CO.N.N. The van der Waals surface area contributed by atoms with Gasteiger partial charge < -0.3 is 17.4 Å². The van der Waals surface area contributed by atoms with Gasteiger partial charge in [0.1, 0.15) is 0 Å². The van der Waals surface area contributed by atoms with Gasteiger partial charge in [-0.1, -0.05) is 13.8 Å². The highest BCUT2D eigenvalue weighted by Gasteiger charge is 1.81. The van der Waals surface area contributed by atoms with Crippen molar-refractivity contribution in [3.05, 3.63) is 0 Å². The maximum atomic E-state index is 8.14. The second-order valence-electron chi connectivity index (χ2n) is 1.58. The van der Waals surface area contributed by atoms with E-state index in [2.05, 4.69) is 0 Å². The van der Waals surface area contributed by atoms with Gasteiger partial charge in [0, 0.05) is 6.61 Å². The van der Waals surface area contributed by atoms with Crippen molar-refractivity contribution in [2.45, 2.75) is 13.8 Å². The zero-order chi connectivity index (χ0) is 4.28. The third-order valence-corrected chi connectivity index (χ3v) is 0.365. The number of aliphatic hydroxyl groups excluding tert-OH is 1. The maximum Gasteiger partial charge on any atom is 0.0453 e. The van der Waals surface area contributed by atoms with Crippen molar-refractivity contribution in [1.29, 1.82) is 0 Å². The lowest BCUT2D eigenvalue weighted by Crippen LogP contribution is -1.90. The highest BCUT2D eigenvalue weighted by Crippen LogP contribution is 1.83. The molecule has 3 nitrogen and oxygen atoms in total. The molecule has 0 aliphatic heterocycles. The van der Waals surface area contributed by atoms with Gasteiger partial charge >= 0.3 is 0 Å². The molecule has 0 aliphatic rings. The average Bonchev–Trinajstić information content (AvgIpc) is 1.38. The molecule has 0 aromatic rings. The highest BCUT2D eigenvalue weighted by atomic mass is 16.3. The smallest absolute Gasteiger partial charge is 0.0453 e. The van der Waals surface area contributed by atoms with E-state index in [1.54, 1.807) is 0 Å². The van der Waals surface area contributed by atoms with Crippen molar-refractivity contribution in [2.24, 2.45) is 5.92 Å². The summed E-state index contributed by atoms with van der Waals surface area (Å²) in [5.74, 6) is 0.440. The summed E-state index contributed by atoms with van der Waals surface area (Å²) in [5.41, 5.74) is 0. The van der Waals surface area contributed by atoms with E-state index in [1.807, 2.05) is 13.8 Å². The molecule has 0 aromatic carbocycles. The summed E-state index contributed by atoms with van der Waals surface area (Å²) in [7, 11) is 0. The second-order valence-corrected chi connectivity index (χ2v) is 1.58. The summed E-state index contributed by atoms with van der Waals surface area (Å²) in [5, 5.41) is 8.14. The van der Waals surface area contributed by atoms with Crippen molar-refractivity contribution >= 4 is 0 Å². The highest BCUT2D eigenvalue weighted by molar-refractivity contribution is 4.32. The summed E-state index contributed by atoms with van der Waals surface area (Å²) < 4.78 is 0. The second kappa shape index (κ2) is 9.30. The fourth-order valence-electron chi connectivity index (χ4n) is 0. The summed E-state index contributed by atoms with van der Waals surface area (Å²) in [6, 6.07) is 0. The number of rotatable bonds is 1. The van der Waals surface area contributed by atoms with Crippen LogP contribution in [0.5, 0.6) is 0 Å². The van der Waals surface area contributed by atoms with E-state index in [1.165, 1.54) is 0 Å². The quantitative estimate of drug-likeness (QED) is 0.467. The Morgan fingerprint density at radius 3 is 1.43 bits per heavy atom. The molecule has 0 heterocycles. The number of hydrogen-bond donors (Lipinski definition) is 3. The van der Waals surface area contributed by atoms with Gasteiger partial charge in [0.05, 0.1) is 0 Å². The predicted molar refractivity (Wildman–Crippen MR) is 32.0 cm³/mol. The molecule has 0 aliphatic carbocycles. The van der Waals surface area contributed by atoms with Crippen LogP contribution in [0.2, 0.25) is 0 Å². The lowest BCUT2D eigenvalue weighted by molar-refractivity contribution is 0.248. The van der Waals surface area contributed by atoms with E-state index in [9.17, 15) is 0 Å². The first-order chi connectivity index (χ1) is 2.27. The largest absolute Gasteiger partial charge is 0.396 e. The zero-order valence-corrected chi connectivity index (χ0v) is 5.15. The standard InChI is InChI=1S/C4H10O.2H3N/c1-4(2)3-5;;/h4-5H,3H2,1-2H3;2*1H3. The molecule has 7 N–H and O–H groups in total. The average molecular weight is 108 g/mol. The van der Waals surface area contributed by atoms with E-state index < -0.39 is 0 Å². The molecule has 48 valence electrons. The normalized spacial score (nSPS) is 6.86. The third-order valence-electron chi connectivity index (χ3n) is 0.365. The fraction of sp³-hybridized carbons (Fsp3) is 1.00. The van der Waals surface area contributed by atoms with E-state index in [4.69, 9.17) is 5.11 Å². The van der Waals surface area contributed by atoms with Crippen LogP contribution in [0, 0.1) is 5.92 Å². The lowest BCUT2D eigenvalue weighted by Gasteiger charge is -1.90. The Hall–Kier alpha value is -0.120. The Morgan fingerprint density at radius 2 is 1.43 bits per heavy atom. The Labute approximate surface area is 44.9 Å². The van der Waals surface area contributed by atoms with Crippen LogP contribution in [0.25, 0.3) is 0 Å². The molecule has 0 radical (unpaired) electrons. The van der Waals surface area contributed by atoms with Crippen molar-refractivity contribution in [1.82, 2.24) is 12.3 Å². The minimum atomic E-state index is 0. The molecular weight excluding hydrogens is 92.1 g/mol. The van der Waals surface area contributed by atoms with Gasteiger partial charge in [-0.3, -0.25) is 0 Å². The van der Waals surface area contributed by atoms with E-state index in [0.717, 1.165) is 0 Å². The van der Waals surface area contributed by atoms with Crippen molar-refractivity contribution in [2.75, 3.05) is 6.61 Å². The maximum absolute atomic E-state index is 8.14. The molecule has 0 fully saturated rings. The summed E-state index contributed by atoms with van der Waals surface area (Å²) in [6.07, 6.45) is 0. The van der Waals surface area contributed by atoms with Gasteiger partial charge in [0.2, 0.25) is 0 Å². The summed E-state index contributed by atoms with van der Waals surface area (Å²) >= 11 is 0. The molecule has 0 atom stereocenters. The zero-order valence-electron chi connectivity index (χ0n) is 5.15. The summed E-state index contributed by atoms with van der Waals surface area (Å²) in [4.78, 5) is 0. The Balaban J connectivity index is -0.0000000800. The van der Waals surface area contributed by atoms with Crippen LogP contribution >= 0.6 is 0 Å². The van der Waals surface area contributed by atoms with Crippen LogP contribution in [0.15, 0.2) is 0 Å². The molecule has 0 rings (SSSR count). The van der Waals surface area contributed by atoms with E-state index in [0.29, 0.717) is 12.5 Å². The molecule has 0 amide bonds. The Morgan fingerprint density at radius 1 is 1.29 bits per heavy atom. The molecule has 0 saturated carbocycles. The molecule has 3 heteroatoms. The third kappa shape index (κ3) is 25.0. The van der Waals surface area contributed by atoms with Crippen molar-refractivity contribution in [3.63, 3.8) is 0 Å². The van der Waals surface area contributed by atoms with Crippen LogP contribution in [0.1, 0.15) is 13.8 Å². The first-order valence-electron chi connectivity index (χ1n) is 1.88. The van der Waals surface area contributed by atoms with Crippen molar-refractivity contribution < 1.29 is 5.11 Å². The molecule has 0 spiro atoms. The molecule has 0 saturated heterocycles. The van der Waals surface area contributed by atoms with Crippen LogP contribution in [0.3, 0.4) is 0 Å². The predicted octanol–water partition coefficient (Wildman–Crippen LogP) is 0.959.